The molecule has 1 heterocycles. The van der Waals surface area contributed by atoms with E-state index in [0.29, 0.717) is 0 Å². The van der Waals surface area contributed by atoms with E-state index in [-0.39, 0.29) is 0 Å². The average Bonchev–Trinajstić information content (AvgIpc) is 2.64. The zero-order chi connectivity index (χ0) is 10.7. The fourth-order valence-electron chi connectivity index (χ4n) is 2.18. The smallest absolute Gasteiger partial charge is 0.0666 e. The highest BCUT2D eigenvalue weighted by atomic mass is 14.7. The van der Waals surface area contributed by atoms with Gasteiger partial charge in [-0.1, -0.05) is 38.8 Å². The first-order chi connectivity index (χ1) is 7.36. The number of aryl methyl sites for hydroxylation is 2. The summed E-state index contributed by atoms with van der Waals surface area (Å²) in [5, 5.41) is 1.42. The van der Waals surface area contributed by atoms with Gasteiger partial charge < -0.3 is 4.98 Å². The summed E-state index contributed by atoms with van der Waals surface area (Å²) in [7, 11) is 0. The zero-order valence-electron chi connectivity index (χ0n) is 9.56. The molecule has 0 atom stereocenters. The van der Waals surface area contributed by atoms with Gasteiger partial charge in [0.05, 0.1) is 6.20 Å². The highest BCUT2D eigenvalue weighted by Gasteiger charge is 2.07. The third-order valence-corrected chi connectivity index (χ3v) is 2.82. The van der Waals surface area contributed by atoms with E-state index < -0.39 is 0 Å². The van der Waals surface area contributed by atoms with Gasteiger partial charge in [-0.25, -0.2) is 0 Å². The fourth-order valence-corrected chi connectivity index (χ4v) is 2.18. The maximum Gasteiger partial charge on any atom is 0.0666 e. The van der Waals surface area contributed by atoms with Crippen molar-refractivity contribution in [2.75, 3.05) is 0 Å². The van der Waals surface area contributed by atoms with Crippen molar-refractivity contribution < 1.29 is 0 Å². The van der Waals surface area contributed by atoms with Crippen LogP contribution in [0.2, 0.25) is 0 Å². The highest BCUT2D eigenvalue weighted by Crippen LogP contribution is 2.24. The van der Waals surface area contributed by atoms with Gasteiger partial charge in [-0.05, 0) is 30.0 Å². The number of aromatic nitrogens is 1. The van der Waals surface area contributed by atoms with Crippen molar-refractivity contribution in [2.24, 2.45) is 0 Å². The molecule has 1 radical (unpaired) electrons. The first kappa shape index (κ1) is 10.3. The molecule has 15 heavy (non-hydrogen) atoms. The van der Waals surface area contributed by atoms with Gasteiger partial charge in [0.25, 0.3) is 0 Å². The lowest BCUT2D eigenvalue weighted by Gasteiger charge is -2.03. The molecule has 0 aliphatic carbocycles. The molecule has 1 nitrogen and oxygen atoms in total. The van der Waals surface area contributed by atoms with Crippen LogP contribution in [-0.4, -0.2) is 4.98 Å². The summed E-state index contributed by atoms with van der Waals surface area (Å²) < 4.78 is 0. The van der Waals surface area contributed by atoms with Gasteiger partial charge in [-0.15, -0.1) is 0 Å². The minimum atomic E-state index is 1.13. The minimum absolute atomic E-state index is 1.13. The molecule has 2 aromatic rings. The molecular formula is C14H18N. The summed E-state index contributed by atoms with van der Waals surface area (Å²) in [5.74, 6) is 0. The van der Waals surface area contributed by atoms with Crippen LogP contribution in [0.1, 0.15) is 37.8 Å². The molecule has 0 fully saturated rings. The lowest BCUT2D eigenvalue weighted by Crippen LogP contribution is -1.88. The second kappa shape index (κ2) is 4.52. The second-order valence-electron chi connectivity index (χ2n) is 4.07. The summed E-state index contributed by atoms with van der Waals surface area (Å²) in [6, 6.07) is 6.52. The molecule has 1 aromatic heterocycles. The lowest BCUT2D eigenvalue weighted by molar-refractivity contribution is 0.913. The average molecular weight is 200 g/mol. The molecule has 0 bridgehead atoms. The van der Waals surface area contributed by atoms with Crippen LogP contribution >= 0.6 is 0 Å². The maximum absolute atomic E-state index is 3.29. The van der Waals surface area contributed by atoms with E-state index in [4.69, 9.17) is 0 Å². The van der Waals surface area contributed by atoms with Crippen LogP contribution in [0.15, 0.2) is 18.2 Å². The Kier molecular flexibility index (Phi) is 3.10. The van der Waals surface area contributed by atoms with Gasteiger partial charge in [0.1, 0.15) is 0 Å². The van der Waals surface area contributed by atoms with Crippen molar-refractivity contribution >= 4 is 10.9 Å². The fraction of sp³-hybridized carbons (Fsp3) is 0.429. The van der Waals surface area contributed by atoms with Crippen molar-refractivity contribution in [3.8, 4) is 0 Å². The van der Waals surface area contributed by atoms with Gasteiger partial charge in [-0.2, -0.15) is 0 Å². The Hall–Kier alpha value is -1.24. The Morgan fingerprint density at radius 1 is 1.13 bits per heavy atom. The molecule has 0 unspecified atom stereocenters. The minimum Gasteiger partial charge on any atom is -0.353 e. The van der Waals surface area contributed by atoms with Crippen LogP contribution in [0, 0.1) is 6.20 Å². The quantitative estimate of drug-likeness (QED) is 0.771. The molecular weight excluding hydrogens is 182 g/mol. The summed E-state index contributed by atoms with van der Waals surface area (Å²) in [6.45, 7) is 4.45. The second-order valence-corrected chi connectivity index (χ2v) is 4.07. The Morgan fingerprint density at radius 2 is 1.93 bits per heavy atom. The standard InChI is InChI=1S/C14H18N/c1-3-6-11-8-5-9-13-14(11)12(7-4-2)10-15-13/h5,8-9,15H,3-4,6-7H2,1-2H3. The summed E-state index contributed by atoms with van der Waals surface area (Å²) in [5.41, 5.74) is 4.07. The summed E-state index contributed by atoms with van der Waals surface area (Å²) in [4.78, 5) is 3.25. The molecule has 2 rings (SSSR count). The van der Waals surface area contributed by atoms with E-state index >= 15 is 0 Å². The SMILES string of the molecule is CCCc1[c][nH]c2cccc(CCC)c12. The number of fused-ring (bicyclic) bond motifs is 1. The van der Waals surface area contributed by atoms with E-state index in [2.05, 4.69) is 43.2 Å². The molecule has 79 valence electrons. The number of nitrogens with one attached hydrogen (secondary N) is 1. The molecule has 0 spiro atoms. The zero-order valence-corrected chi connectivity index (χ0v) is 9.56. The van der Waals surface area contributed by atoms with Crippen molar-refractivity contribution in [1.29, 1.82) is 0 Å². The third kappa shape index (κ3) is 1.92. The number of hydrogen-bond acceptors (Lipinski definition) is 0. The lowest BCUT2D eigenvalue weighted by atomic mass is 10.0. The first-order valence-corrected chi connectivity index (χ1v) is 5.87. The predicted octanol–water partition coefficient (Wildman–Crippen LogP) is 3.87. The largest absolute Gasteiger partial charge is 0.353 e. The molecule has 0 amide bonds. The summed E-state index contributed by atoms with van der Waals surface area (Å²) >= 11 is 0. The van der Waals surface area contributed by atoms with Gasteiger partial charge in [0.2, 0.25) is 0 Å². The van der Waals surface area contributed by atoms with Crippen LogP contribution in [0.3, 0.4) is 0 Å². The topological polar surface area (TPSA) is 15.8 Å². The van der Waals surface area contributed by atoms with E-state index in [1.807, 2.05) is 0 Å². The molecule has 1 N–H and O–H groups in total. The van der Waals surface area contributed by atoms with Crippen LogP contribution in [0.5, 0.6) is 0 Å². The van der Waals surface area contributed by atoms with Gasteiger partial charge in [-0.3, -0.25) is 0 Å². The van der Waals surface area contributed by atoms with Gasteiger partial charge >= 0.3 is 0 Å². The normalized spacial score (nSPS) is 11.1. The number of benzene rings is 1. The van der Waals surface area contributed by atoms with E-state index in [1.54, 1.807) is 0 Å². The molecule has 1 aromatic carbocycles. The Balaban J connectivity index is 2.53. The van der Waals surface area contributed by atoms with Gasteiger partial charge in [0.15, 0.2) is 0 Å². The third-order valence-electron chi connectivity index (χ3n) is 2.82. The Morgan fingerprint density at radius 3 is 2.67 bits per heavy atom. The van der Waals surface area contributed by atoms with Crippen LogP contribution < -0.4 is 0 Å². The van der Waals surface area contributed by atoms with Crippen LogP contribution in [0.4, 0.5) is 0 Å². The number of aromatic amines is 1. The highest BCUT2D eigenvalue weighted by molar-refractivity contribution is 5.86. The molecule has 0 aliphatic rings. The van der Waals surface area contributed by atoms with E-state index in [1.165, 1.54) is 41.3 Å². The van der Waals surface area contributed by atoms with E-state index in [9.17, 15) is 0 Å². The molecule has 0 aliphatic heterocycles. The Labute approximate surface area is 91.5 Å². The van der Waals surface area contributed by atoms with Crippen molar-refractivity contribution in [3.05, 3.63) is 35.5 Å². The predicted molar refractivity (Wildman–Crippen MR) is 65.1 cm³/mol. The Bertz CT molecular complexity index is 440. The van der Waals surface area contributed by atoms with E-state index in [0.717, 1.165) is 6.42 Å². The monoisotopic (exact) mass is 200 g/mol. The maximum atomic E-state index is 3.29. The van der Waals surface area contributed by atoms with Crippen LogP contribution in [-0.2, 0) is 12.8 Å². The molecule has 0 saturated heterocycles. The van der Waals surface area contributed by atoms with Crippen molar-refractivity contribution in [3.63, 3.8) is 0 Å². The summed E-state index contributed by atoms with van der Waals surface area (Å²) in [6.07, 6.45) is 7.97. The van der Waals surface area contributed by atoms with Crippen LogP contribution in [0.25, 0.3) is 10.9 Å². The molecule has 0 saturated carbocycles. The number of hydrogen-bond donors (Lipinski definition) is 1. The number of rotatable bonds is 4. The van der Waals surface area contributed by atoms with Crippen molar-refractivity contribution in [1.82, 2.24) is 4.98 Å². The number of H-pyrrole nitrogens is 1. The van der Waals surface area contributed by atoms with Gasteiger partial charge in [0, 0.05) is 10.9 Å². The van der Waals surface area contributed by atoms with Crippen molar-refractivity contribution in [2.45, 2.75) is 39.5 Å². The molecule has 1 heteroatoms. The first-order valence-electron chi connectivity index (χ1n) is 5.87.